The number of ether oxygens (including phenoxy) is 2. The summed E-state index contributed by atoms with van der Waals surface area (Å²) in [5.41, 5.74) is 0. The van der Waals surface area contributed by atoms with Crippen LogP contribution in [0.15, 0.2) is 0 Å². The number of piperidine rings is 1. The Morgan fingerprint density at radius 1 is 1.40 bits per heavy atom. The molecular formula is C13H23N3O4. The third-order valence-corrected chi connectivity index (χ3v) is 3.67. The fourth-order valence-corrected chi connectivity index (χ4v) is 2.59. The van der Waals surface area contributed by atoms with E-state index >= 15 is 0 Å². The molecule has 2 fully saturated rings. The van der Waals surface area contributed by atoms with Gasteiger partial charge in [0, 0.05) is 32.8 Å². The molecule has 0 aromatic rings. The quantitative estimate of drug-likeness (QED) is 0.673. The van der Waals surface area contributed by atoms with E-state index in [1.165, 1.54) is 7.11 Å². The van der Waals surface area contributed by atoms with Crippen LogP contribution in [0.25, 0.3) is 0 Å². The van der Waals surface area contributed by atoms with E-state index in [1.807, 2.05) is 4.90 Å². The van der Waals surface area contributed by atoms with Crippen LogP contribution in [0, 0.1) is 0 Å². The molecule has 2 aliphatic rings. The smallest absolute Gasteiger partial charge is 0.246 e. The summed E-state index contributed by atoms with van der Waals surface area (Å²) in [5, 5.41) is 6.09. The fraction of sp³-hybridized carbons (Fsp3) is 0.846. The first-order valence-corrected chi connectivity index (χ1v) is 7.09. The summed E-state index contributed by atoms with van der Waals surface area (Å²) in [6, 6.07) is -0.0827. The fourth-order valence-electron chi connectivity index (χ4n) is 2.59. The first-order valence-electron chi connectivity index (χ1n) is 7.09. The molecule has 0 spiro atoms. The van der Waals surface area contributed by atoms with Gasteiger partial charge in [0.15, 0.2) is 0 Å². The highest BCUT2D eigenvalue weighted by Gasteiger charge is 2.29. The summed E-state index contributed by atoms with van der Waals surface area (Å²) in [6.45, 7) is 3.27. The average Bonchev–Trinajstić information content (AvgIpc) is 2.48. The number of nitrogens with zero attached hydrogens (tertiary/aromatic N) is 1. The van der Waals surface area contributed by atoms with Gasteiger partial charge < -0.3 is 25.0 Å². The van der Waals surface area contributed by atoms with Crippen molar-refractivity contribution in [3.63, 3.8) is 0 Å². The van der Waals surface area contributed by atoms with Gasteiger partial charge in [0.25, 0.3) is 0 Å². The lowest BCUT2D eigenvalue weighted by atomic mass is 10.0. The maximum absolute atomic E-state index is 12.3. The molecule has 2 rings (SSSR count). The van der Waals surface area contributed by atoms with E-state index in [0.717, 1.165) is 19.4 Å². The van der Waals surface area contributed by atoms with Crippen LogP contribution in [0.2, 0.25) is 0 Å². The minimum Gasteiger partial charge on any atom is -0.378 e. The van der Waals surface area contributed by atoms with Gasteiger partial charge in [-0.1, -0.05) is 0 Å². The lowest BCUT2D eigenvalue weighted by Crippen LogP contribution is -2.55. The van der Waals surface area contributed by atoms with Crippen molar-refractivity contribution >= 4 is 11.8 Å². The Bertz CT molecular complexity index is 337. The van der Waals surface area contributed by atoms with E-state index in [4.69, 9.17) is 9.47 Å². The van der Waals surface area contributed by atoms with Gasteiger partial charge in [0.05, 0.1) is 13.2 Å². The molecule has 0 radical (unpaired) electrons. The molecule has 0 aromatic carbocycles. The topological polar surface area (TPSA) is 79.9 Å². The molecule has 1 unspecified atom stereocenters. The third-order valence-electron chi connectivity index (χ3n) is 3.67. The van der Waals surface area contributed by atoms with Crippen LogP contribution in [0.5, 0.6) is 0 Å². The Labute approximate surface area is 119 Å². The standard InChI is InChI=1S/C13H23N3O4/c1-19-9-12(17)15-10-2-5-16(6-3-10)13(18)11-8-20-7-4-14-11/h10-11,14H,2-9H2,1H3,(H,15,17). The summed E-state index contributed by atoms with van der Waals surface area (Å²) >= 11 is 0. The molecule has 7 nitrogen and oxygen atoms in total. The second-order valence-electron chi connectivity index (χ2n) is 5.18. The molecule has 2 heterocycles. The van der Waals surface area contributed by atoms with E-state index in [2.05, 4.69) is 10.6 Å². The van der Waals surface area contributed by atoms with Crippen molar-refractivity contribution in [2.75, 3.05) is 46.6 Å². The van der Waals surface area contributed by atoms with Crippen molar-refractivity contribution in [3.8, 4) is 0 Å². The van der Waals surface area contributed by atoms with Gasteiger partial charge in [0.2, 0.25) is 11.8 Å². The van der Waals surface area contributed by atoms with E-state index in [9.17, 15) is 9.59 Å². The largest absolute Gasteiger partial charge is 0.378 e. The zero-order valence-electron chi connectivity index (χ0n) is 11.9. The molecule has 2 saturated heterocycles. The molecule has 1 atom stereocenters. The van der Waals surface area contributed by atoms with Crippen molar-refractivity contribution in [2.45, 2.75) is 24.9 Å². The van der Waals surface area contributed by atoms with Crippen molar-refractivity contribution < 1.29 is 19.1 Å². The Morgan fingerprint density at radius 2 is 2.15 bits per heavy atom. The van der Waals surface area contributed by atoms with Gasteiger partial charge >= 0.3 is 0 Å². The number of amides is 2. The van der Waals surface area contributed by atoms with Crippen LogP contribution >= 0.6 is 0 Å². The first kappa shape index (κ1) is 15.2. The number of methoxy groups -OCH3 is 1. The Morgan fingerprint density at radius 3 is 2.75 bits per heavy atom. The number of rotatable bonds is 4. The molecular weight excluding hydrogens is 262 g/mol. The number of likely N-dealkylation sites (tertiary alicyclic amines) is 1. The molecule has 2 amide bonds. The third kappa shape index (κ3) is 4.16. The van der Waals surface area contributed by atoms with Gasteiger partial charge in [-0.05, 0) is 12.8 Å². The summed E-state index contributed by atoms with van der Waals surface area (Å²) in [5.74, 6) is 0.00555. The lowest BCUT2D eigenvalue weighted by Gasteiger charge is -2.35. The number of nitrogens with one attached hydrogen (secondary N) is 2. The van der Waals surface area contributed by atoms with Gasteiger partial charge in [-0.25, -0.2) is 0 Å². The van der Waals surface area contributed by atoms with E-state index in [0.29, 0.717) is 26.3 Å². The van der Waals surface area contributed by atoms with Crippen LogP contribution in [0.3, 0.4) is 0 Å². The van der Waals surface area contributed by atoms with Gasteiger partial charge in [0.1, 0.15) is 12.6 Å². The van der Waals surface area contributed by atoms with Gasteiger partial charge in [-0.15, -0.1) is 0 Å². The van der Waals surface area contributed by atoms with E-state index in [1.54, 1.807) is 0 Å². The molecule has 20 heavy (non-hydrogen) atoms. The number of morpholine rings is 1. The molecule has 2 N–H and O–H groups in total. The zero-order chi connectivity index (χ0) is 14.4. The molecule has 7 heteroatoms. The summed E-state index contributed by atoms with van der Waals surface area (Å²) < 4.78 is 10.1. The Balaban J connectivity index is 1.73. The number of hydrogen-bond acceptors (Lipinski definition) is 5. The minimum absolute atomic E-state index is 0.0858. The second kappa shape index (κ2) is 7.56. The zero-order valence-corrected chi connectivity index (χ0v) is 11.9. The summed E-state index contributed by atoms with van der Waals surface area (Å²) in [6.07, 6.45) is 1.57. The molecule has 2 aliphatic heterocycles. The summed E-state index contributed by atoms with van der Waals surface area (Å²) in [4.78, 5) is 25.5. The second-order valence-corrected chi connectivity index (χ2v) is 5.18. The van der Waals surface area contributed by atoms with Gasteiger partial charge in [-0.2, -0.15) is 0 Å². The van der Waals surface area contributed by atoms with Crippen molar-refractivity contribution in [1.82, 2.24) is 15.5 Å². The van der Waals surface area contributed by atoms with Crippen LogP contribution < -0.4 is 10.6 Å². The Kier molecular flexibility index (Phi) is 5.75. The van der Waals surface area contributed by atoms with Crippen LogP contribution in [0.4, 0.5) is 0 Å². The number of carbonyl (C=O) groups excluding carboxylic acids is 2. The molecule has 0 aromatic heterocycles. The summed E-state index contributed by atoms with van der Waals surface area (Å²) in [7, 11) is 1.50. The van der Waals surface area contributed by atoms with Crippen molar-refractivity contribution in [3.05, 3.63) is 0 Å². The SMILES string of the molecule is COCC(=O)NC1CCN(C(=O)C2COCCN2)CC1. The predicted octanol–water partition coefficient (Wildman–Crippen LogP) is -1.27. The van der Waals surface area contributed by atoms with Crippen molar-refractivity contribution in [1.29, 1.82) is 0 Å². The average molecular weight is 285 g/mol. The molecule has 0 saturated carbocycles. The monoisotopic (exact) mass is 285 g/mol. The first-order chi connectivity index (χ1) is 9.70. The maximum atomic E-state index is 12.3. The highest BCUT2D eigenvalue weighted by molar-refractivity contribution is 5.82. The number of hydrogen-bond donors (Lipinski definition) is 2. The number of carbonyl (C=O) groups is 2. The van der Waals surface area contributed by atoms with Crippen molar-refractivity contribution in [2.24, 2.45) is 0 Å². The van der Waals surface area contributed by atoms with E-state index < -0.39 is 0 Å². The minimum atomic E-state index is -0.219. The molecule has 0 aliphatic carbocycles. The van der Waals surface area contributed by atoms with Crippen LogP contribution in [0.1, 0.15) is 12.8 Å². The van der Waals surface area contributed by atoms with Crippen LogP contribution in [-0.2, 0) is 19.1 Å². The van der Waals surface area contributed by atoms with Crippen LogP contribution in [-0.4, -0.2) is 75.4 Å². The molecule has 114 valence electrons. The molecule has 0 bridgehead atoms. The van der Waals surface area contributed by atoms with Gasteiger partial charge in [-0.3, -0.25) is 9.59 Å². The highest BCUT2D eigenvalue weighted by Crippen LogP contribution is 2.12. The normalized spacial score (nSPS) is 24.4. The van der Waals surface area contributed by atoms with E-state index in [-0.39, 0.29) is 30.5 Å². The maximum Gasteiger partial charge on any atom is 0.246 e. The lowest BCUT2D eigenvalue weighted by molar-refractivity contribution is -0.137. The highest BCUT2D eigenvalue weighted by atomic mass is 16.5. The predicted molar refractivity (Wildman–Crippen MR) is 72.2 cm³/mol. The Hall–Kier alpha value is -1.18.